The molecule has 2 aromatic heterocycles. The van der Waals surface area contributed by atoms with Crippen molar-refractivity contribution in [3.8, 4) is 0 Å². The van der Waals surface area contributed by atoms with Crippen LogP contribution in [0.5, 0.6) is 0 Å². The number of anilines is 1. The molecule has 0 aliphatic heterocycles. The van der Waals surface area contributed by atoms with Crippen LogP contribution in [-0.2, 0) is 0 Å². The lowest BCUT2D eigenvalue weighted by Crippen LogP contribution is -2.14. The zero-order chi connectivity index (χ0) is 14.4. The van der Waals surface area contributed by atoms with Gasteiger partial charge in [-0.3, -0.25) is 0 Å². The number of imidazole rings is 1. The highest BCUT2D eigenvalue weighted by Gasteiger charge is 2.18. The molecular weight excluding hydrogens is 266 g/mol. The molecule has 0 saturated heterocycles. The molecule has 0 aliphatic rings. The minimum atomic E-state index is 0.408. The van der Waals surface area contributed by atoms with E-state index in [4.69, 9.17) is 0 Å². The highest BCUT2D eigenvalue weighted by atomic mass is 32.1. The van der Waals surface area contributed by atoms with Crippen LogP contribution in [0.25, 0.3) is 0 Å². The number of aryl methyl sites for hydroxylation is 1. The highest BCUT2D eigenvalue weighted by Crippen LogP contribution is 2.30. The summed E-state index contributed by atoms with van der Waals surface area (Å²) in [4.78, 5) is 6.07. The predicted octanol–water partition coefficient (Wildman–Crippen LogP) is 4.85. The van der Waals surface area contributed by atoms with Gasteiger partial charge in [-0.25, -0.2) is 4.98 Å². The second kappa shape index (κ2) is 7.48. The Morgan fingerprint density at radius 2 is 2.20 bits per heavy atom. The lowest BCUT2D eigenvalue weighted by molar-refractivity contribution is 0.544. The summed E-state index contributed by atoms with van der Waals surface area (Å²) in [5, 5.41) is 5.65. The monoisotopic (exact) mass is 291 g/mol. The van der Waals surface area contributed by atoms with Crippen LogP contribution in [0.4, 0.5) is 5.95 Å². The van der Waals surface area contributed by atoms with Crippen molar-refractivity contribution in [1.82, 2.24) is 9.55 Å². The molecule has 0 fully saturated rings. The van der Waals surface area contributed by atoms with E-state index in [9.17, 15) is 0 Å². The van der Waals surface area contributed by atoms with Gasteiger partial charge in [-0.2, -0.15) is 0 Å². The second-order valence-corrected chi connectivity index (χ2v) is 6.19. The first-order valence-corrected chi connectivity index (χ1v) is 8.47. The van der Waals surface area contributed by atoms with Gasteiger partial charge >= 0.3 is 0 Å². The standard InChI is InChI=1S/C16H25N3S/c1-4-6-10-17-16-18-13(3)12-19(16)14(8-5-2)15-9-7-11-20-15/h7,9,11-12,14H,4-6,8,10H2,1-3H3,(H,17,18). The van der Waals surface area contributed by atoms with Gasteiger partial charge in [0.1, 0.15) is 0 Å². The van der Waals surface area contributed by atoms with Crippen LogP contribution in [0.3, 0.4) is 0 Å². The molecule has 2 heterocycles. The maximum absolute atomic E-state index is 4.65. The minimum Gasteiger partial charge on any atom is -0.356 e. The SMILES string of the molecule is CCCCNc1nc(C)cn1C(CCC)c1cccs1. The first kappa shape index (κ1) is 15.1. The summed E-state index contributed by atoms with van der Waals surface area (Å²) in [6.07, 6.45) is 6.89. The maximum atomic E-state index is 4.65. The second-order valence-electron chi connectivity index (χ2n) is 5.21. The van der Waals surface area contributed by atoms with Crippen molar-refractivity contribution in [2.45, 2.75) is 52.5 Å². The van der Waals surface area contributed by atoms with Crippen molar-refractivity contribution in [1.29, 1.82) is 0 Å². The lowest BCUT2D eigenvalue weighted by atomic mass is 10.1. The highest BCUT2D eigenvalue weighted by molar-refractivity contribution is 7.10. The molecule has 1 unspecified atom stereocenters. The molecular formula is C16H25N3S. The molecule has 2 aromatic rings. The minimum absolute atomic E-state index is 0.408. The van der Waals surface area contributed by atoms with Crippen LogP contribution < -0.4 is 5.32 Å². The predicted molar refractivity (Wildman–Crippen MR) is 87.7 cm³/mol. The molecule has 3 nitrogen and oxygen atoms in total. The van der Waals surface area contributed by atoms with Crippen molar-refractivity contribution in [3.63, 3.8) is 0 Å². The van der Waals surface area contributed by atoms with Gasteiger partial charge in [-0.05, 0) is 31.2 Å². The Kier molecular flexibility index (Phi) is 5.65. The van der Waals surface area contributed by atoms with E-state index in [0.717, 1.165) is 24.6 Å². The maximum Gasteiger partial charge on any atom is 0.203 e. The van der Waals surface area contributed by atoms with E-state index < -0.39 is 0 Å². The average molecular weight is 291 g/mol. The Labute approximate surface area is 126 Å². The van der Waals surface area contributed by atoms with Crippen molar-refractivity contribution in [2.75, 3.05) is 11.9 Å². The fraction of sp³-hybridized carbons (Fsp3) is 0.562. The van der Waals surface area contributed by atoms with E-state index in [-0.39, 0.29) is 0 Å². The summed E-state index contributed by atoms with van der Waals surface area (Å²) < 4.78 is 2.32. The van der Waals surface area contributed by atoms with Gasteiger partial charge in [0.05, 0.1) is 11.7 Å². The smallest absolute Gasteiger partial charge is 0.203 e. The molecule has 2 rings (SSSR count). The van der Waals surface area contributed by atoms with Gasteiger partial charge in [0.15, 0.2) is 0 Å². The van der Waals surface area contributed by atoms with E-state index in [1.165, 1.54) is 24.1 Å². The van der Waals surface area contributed by atoms with Gasteiger partial charge in [0, 0.05) is 17.6 Å². The van der Waals surface area contributed by atoms with E-state index in [1.54, 1.807) is 0 Å². The number of hydrogen-bond donors (Lipinski definition) is 1. The molecule has 0 saturated carbocycles. The molecule has 0 spiro atoms. The fourth-order valence-corrected chi connectivity index (χ4v) is 3.29. The van der Waals surface area contributed by atoms with Gasteiger partial charge in [0.2, 0.25) is 5.95 Å². The molecule has 20 heavy (non-hydrogen) atoms. The first-order valence-electron chi connectivity index (χ1n) is 7.59. The molecule has 0 aliphatic carbocycles. The van der Waals surface area contributed by atoms with Gasteiger partial charge in [-0.1, -0.05) is 32.8 Å². The average Bonchev–Trinajstić information content (AvgIpc) is 3.06. The molecule has 1 N–H and O–H groups in total. The number of nitrogens with one attached hydrogen (secondary N) is 1. The van der Waals surface area contributed by atoms with E-state index >= 15 is 0 Å². The zero-order valence-electron chi connectivity index (χ0n) is 12.7. The van der Waals surface area contributed by atoms with Crippen molar-refractivity contribution in [3.05, 3.63) is 34.3 Å². The van der Waals surface area contributed by atoms with Crippen molar-refractivity contribution >= 4 is 17.3 Å². The Bertz CT molecular complexity index is 502. The summed E-state index contributed by atoms with van der Waals surface area (Å²) in [5.41, 5.74) is 1.08. The van der Waals surface area contributed by atoms with Crippen LogP contribution >= 0.6 is 11.3 Å². The number of aromatic nitrogens is 2. The summed E-state index contributed by atoms with van der Waals surface area (Å²) in [7, 11) is 0. The van der Waals surface area contributed by atoms with Gasteiger partial charge < -0.3 is 9.88 Å². The third kappa shape index (κ3) is 3.63. The number of thiophene rings is 1. The number of nitrogens with zero attached hydrogens (tertiary/aromatic N) is 2. The van der Waals surface area contributed by atoms with Crippen LogP contribution in [0.1, 0.15) is 56.1 Å². The fourth-order valence-electron chi connectivity index (χ4n) is 2.43. The molecule has 0 bridgehead atoms. The number of rotatable bonds is 8. The number of hydrogen-bond acceptors (Lipinski definition) is 3. The third-order valence-electron chi connectivity index (χ3n) is 3.44. The Balaban J connectivity index is 2.23. The van der Waals surface area contributed by atoms with Crippen LogP contribution in [0.15, 0.2) is 23.7 Å². The topological polar surface area (TPSA) is 29.9 Å². The Morgan fingerprint density at radius 3 is 2.85 bits per heavy atom. The van der Waals surface area contributed by atoms with Crippen LogP contribution in [0, 0.1) is 6.92 Å². The molecule has 1 atom stereocenters. The summed E-state index contributed by atoms with van der Waals surface area (Å²) in [6, 6.07) is 4.78. The Morgan fingerprint density at radius 1 is 1.35 bits per heavy atom. The van der Waals surface area contributed by atoms with Crippen LogP contribution in [0.2, 0.25) is 0 Å². The molecule has 0 radical (unpaired) electrons. The molecule has 4 heteroatoms. The quantitative estimate of drug-likeness (QED) is 0.704. The van der Waals surface area contributed by atoms with Gasteiger partial charge in [-0.15, -0.1) is 11.3 Å². The normalized spacial score (nSPS) is 12.6. The van der Waals surface area contributed by atoms with E-state index in [0.29, 0.717) is 6.04 Å². The number of unbranched alkanes of at least 4 members (excludes halogenated alkanes) is 1. The summed E-state index contributed by atoms with van der Waals surface area (Å²) >= 11 is 1.84. The van der Waals surface area contributed by atoms with Gasteiger partial charge in [0.25, 0.3) is 0 Å². The lowest BCUT2D eigenvalue weighted by Gasteiger charge is -2.19. The third-order valence-corrected chi connectivity index (χ3v) is 4.41. The molecule has 0 aromatic carbocycles. The van der Waals surface area contributed by atoms with Crippen molar-refractivity contribution < 1.29 is 0 Å². The van der Waals surface area contributed by atoms with E-state index in [2.05, 4.69) is 59.3 Å². The Hall–Kier alpha value is -1.29. The summed E-state index contributed by atoms with van der Waals surface area (Å²) in [6.45, 7) is 7.52. The van der Waals surface area contributed by atoms with Crippen molar-refractivity contribution in [2.24, 2.45) is 0 Å². The first-order chi connectivity index (χ1) is 9.76. The zero-order valence-corrected chi connectivity index (χ0v) is 13.5. The molecule has 0 amide bonds. The van der Waals surface area contributed by atoms with E-state index in [1.807, 2.05) is 11.3 Å². The largest absolute Gasteiger partial charge is 0.356 e. The van der Waals surface area contributed by atoms with Crippen LogP contribution in [-0.4, -0.2) is 16.1 Å². The molecule has 110 valence electrons. The summed E-state index contributed by atoms with van der Waals surface area (Å²) in [5.74, 6) is 1.02.